The van der Waals surface area contributed by atoms with Gasteiger partial charge in [0.1, 0.15) is 5.82 Å². The molecular formula is C19H17FN2O3. The first-order valence-corrected chi connectivity index (χ1v) is 7.81. The summed E-state index contributed by atoms with van der Waals surface area (Å²) in [5, 5.41) is 7.83. The van der Waals surface area contributed by atoms with Crippen LogP contribution in [0, 0.1) is 19.7 Å². The Morgan fingerprint density at radius 3 is 2.56 bits per heavy atom. The molecule has 1 aromatic heterocycles. The van der Waals surface area contributed by atoms with Crippen LogP contribution in [0.3, 0.4) is 0 Å². The highest BCUT2D eigenvalue weighted by Gasteiger charge is 2.21. The monoisotopic (exact) mass is 340 g/mol. The van der Waals surface area contributed by atoms with Crippen LogP contribution in [0.4, 0.5) is 4.39 Å². The van der Waals surface area contributed by atoms with E-state index in [1.807, 2.05) is 26.0 Å². The number of rotatable bonds is 4. The second kappa shape index (κ2) is 6.84. The molecule has 0 radical (unpaired) electrons. The Balaban J connectivity index is 1.75. The molecule has 25 heavy (non-hydrogen) atoms. The van der Waals surface area contributed by atoms with Crippen molar-refractivity contribution in [1.82, 2.24) is 10.2 Å². The molecule has 3 rings (SSSR count). The molecule has 0 bridgehead atoms. The van der Waals surface area contributed by atoms with Gasteiger partial charge in [-0.3, -0.25) is 0 Å². The molecule has 0 spiro atoms. The first-order chi connectivity index (χ1) is 11.9. The lowest BCUT2D eigenvalue weighted by molar-refractivity contribution is 0.0279. The number of ether oxygens (including phenoxy) is 1. The summed E-state index contributed by atoms with van der Waals surface area (Å²) < 4.78 is 23.9. The van der Waals surface area contributed by atoms with Crippen LogP contribution in [0.2, 0.25) is 0 Å². The molecule has 3 aromatic rings. The summed E-state index contributed by atoms with van der Waals surface area (Å²) in [6.45, 7) is 5.41. The topological polar surface area (TPSA) is 65.2 Å². The van der Waals surface area contributed by atoms with E-state index in [1.54, 1.807) is 25.1 Å². The zero-order chi connectivity index (χ0) is 18.0. The molecule has 6 heteroatoms. The van der Waals surface area contributed by atoms with Crippen molar-refractivity contribution in [3.05, 3.63) is 70.9 Å². The Morgan fingerprint density at radius 2 is 1.84 bits per heavy atom. The van der Waals surface area contributed by atoms with Gasteiger partial charge in [0.2, 0.25) is 5.89 Å². The van der Waals surface area contributed by atoms with Gasteiger partial charge in [0.15, 0.2) is 6.10 Å². The highest BCUT2D eigenvalue weighted by atomic mass is 19.1. The minimum absolute atomic E-state index is 0.179. The molecule has 128 valence electrons. The number of carbonyl (C=O) groups excluding carboxylic acids is 1. The van der Waals surface area contributed by atoms with Gasteiger partial charge < -0.3 is 9.15 Å². The number of aromatic nitrogens is 2. The normalized spacial score (nSPS) is 12.0. The minimum Gasteiger partial charge on any atom is -0.449 e. The van der Waals surface area contributed by atoms with E-state index < -0.39 is 12.1 Å². The second-order valence-corrected chi connectivity index (χ2v) is 5.82. The summed E-state index contributed by atoms with van der Waals surface area (Å²) in [4.78, 5) is 12.4. The number of carbonyl (C=O) groups is 1. The lowest BCUT2D eigenvalue weighted by atomic mass is 10.1. The van der Waals surface area contributed by atoms with Crippen molar-refractivity contribution < 1.29 is 18.3 Å². The molecule has 1 heterocycles. The van der Waals surface area contributed by atoms with Gasteiger partial charge in [-0.05, 0) is 56.7 Å². The maximum absolute atomic E-state index is 13.0. The fraction of sp³-hybridized carbons (Fsp3) is 0.211. The zero-order valence-corrected chi connectivity index (χ0v) is 14.1. The van der Waals surface area contributed by atoms with Crippen LogP contribution < -0.4 is 0 Å². The number of halogens is 1. The predicted octanol–water partition coefficient (Wildman–Crippen LogP) is 4.41. The van der Waals surface area contributed by atoms with Crippen molar-refractivity contribution in [3.63, 3.8) is 0 Å². The highest BCUT2D eigenvalue weighted by molar-refractivity contribution is 5.91. The van der Waals surface area contributed by atoms with Crippen molar-refractivity contribution in [2.24, 2.45) is 0 Å². The van der Waals surface area contributed by atoms with E-state index in [-0.39, 0.29) is 17.6 Å². The molecule has 0 amide bonds. The number of aryl methyl sites for hydroxylation is 2. The second-order valence-electron chi connectivity index (χ2n) is 5.82. The summed E-state index contributed by atoms with van der Waals surface area (Å²) in [5.41, 5.74) is 2.90. The first-order valence-electron chi connectivity index (χ1n) is 7.81. The van der Waals surface area contributed by atoms with Crippen molar-refractivity contribution in [3.8, 4) is 11.5 Å². The number of nitrogens with zero attached hydrogens (tertiary/aromatic N) is 2. The van der Waals surface area contributed by atoms with Gasteiger partial charge in [0.25, 0.3) is 5.89 Å². The number of hydrogen-bond donors (Lipinski definition) is 0. The Labute approximate surface area is 144 Å². The minimum atomic E-state index is -0.700. The van der Waals surface area contributed by atoms with Gasteiger partial charge in [-0.1, -0.05) is 17.7 Å². The number of esters is 1. The number of benzene rings is 2. The molecule has 1 atom stereocenters. The van der Waals surface area contributed by atoms with Gasteiger partial charge in [0, 0.05) is 5.56 Å². The Hall–Kier alpha value is -3.02. The van der Waals surface area contributed by atoms with Crippen LogP contribution in [-0.4, -0.2) is 16.2 Å². The van der Waals surface area contributed by atoms with E-state index in [9.17, 15) is 9.18 Å². The van der Waals surface area contributed by atoms with E-state index in [0.29, 0.717) is 11.1 Å². The molecule has 0 aliphatic carbocycles. The molecule has 2 aromatic carbocycles. The highest BCUT2D eigenvalue weighted by Crippen LogP contribution is 2.24. The number of hydrogen-bond acceptors (Lipinski definition) is 5. The quantitative estimate of drug-likeness (QED) is 0.658. The Bertz CT molecular complexity index is 903. The largest absolute Gasteiger partial charge is 0.449 e. The fourth-order valence-electron chi connectivity index (χ4n) is 2.34. The summed E-state index contributed by atoms with van der Waals surface area (Å²) in [5.74, 6) is -0.378. The van der Waals surface area contributed by atoms with Gasteiger partial charge in [-0.25, -0.2) is 9.18 Å². The SMILES string of the molecule is Cc1ccc(C)c(C(=O)O[C@H](C)c2nnc(-c3ccc(F)cc3)o2)c1. The molecule has 0 unspecified atom stereocenters. The van der Waals surface area contributed by atoms with Crippen LogP contribution in [0.5, 0.6) is 0 Å². The van der Waals surface area contributed by atoms with Gasteiger partial charge in [-0.2, -0.15) is 0 Å². The van der Waals surface area contributed by atoms with E-state index >= 15 is 0 Å². The van der Waals surface area contributed by atoms with Crippen LogP contribution in [0.15, 0.2) is 46.9 Å². The molecular weight excluding hydrogens is 323 g/mol. The van der Waals surface area contributed by atoms with Crippen LogP contribution in [0.25, 0.3) is 11.5 Å². The average Bonchev–Trinajstić information content (AvgIpc) is 3.07. The lowest BCUT2D eigenvalue weighted by Gasteiger charge is -2.11. The van der Waals surface area contributed by atoms with Gasteiger partial charge in [0.05, 0.1) is 5.56 Å². The molecule has 0 saturated carbocycles. The smallest absolute Gasteiger partial charge is 0.339 e. The lowest BCUT2D eigenvalue weighted by Crippen LogP contribution is -2.11. The van der Waals surface area contributed by atoms with Crippen LogP contribution >= 0.6 is 0 Å². The molecule has 5 nitrogen and oxygen atoms in total. The summed E-state index contributed by atoms with van der Waals surface area (Å²) >= 11 is 0. The summed E-state index contributed by atoms with van der Waals surface area (Å²) in [6, 6.07) is 11.3. The standard InChI is InChI=1S/C19H17FN2O3/c1-11-4-5-12(2)16(10-11)19(23)24-13(3)17-21-22-18(25-17)14-6-8-15(20)9-7-14/h4-10,13H,1-3H3/t13-/m1/s1. The molecule has 0 fully saturated rings. The third kappa shape index (κ3) is 3.74. The predicted molar refractivity (Wildman–Crippen MR) is 89.4 cm³/mol. The first kappa shape index (κ1) is 16.8. The van der Waals surface area contributed by atoms with E-state index in [0.717, 1.165) is 11.1 Å². The van der Waals surface area contributed by atoms with Crippen LogP contribution in [0.1, 0.15) is 40.4 Å². The molecule has 0 aliphatic heterocycles. The Morgan fingerprint density at radius 1 is 1.12 bits per heavy atom. The van der Waals surface area contributed by atoms with Crippen molar-refractivity contribution in [1.29, 1.82) is 0 Å². The van der Waals surface area contributed by atoms with E-state index in [4.69, 9.17) is 9.15 Å². The summed E-state index contributed by atoms with van der Waals surface area (Å²) in [6.07, 6.45) is -0.700. The average molecular weight is 340 g/mol. The van der Waals surface area contributed by atoms with E-state index in [2.05, 4.69) is 10.2 Å². The summed E-state index contributed by atoms with van der Waals surface area (Å²) in [7, 11) is 0. The molecule has 0 aliphatic rings. The van der Waals surface area contributed by atoms with Crippen molar-refractivity contribution in [2.75, 3.05) is 0 Å². The van der Waals surface area contributed by atoms with E-state index in [1.165, 1.54) is 12.1 Å². The fourth-order valence-corrected chi connectivity index (χ4v) is 2.34. The molecule has 0 N–H and O–H groups in total. The van der Waals surface area contributed by atoms with Crippen molar-refractivity contribution >= 4 is 5.97 Å². The molecule has 0 saturated heterocycles. The van der Waals surface area contributed by atoms with Crippen LogP contribution in [-0.2, 0) is 4.74 Å². The third-order valence-corrected chi connectivity index (χ3v) is 3.78. The Kier molecular flexibility index (Phi) is 4.61. The maximum atomic E-state index is 13.0. The third-order valence-electron chi connectivity index (χ3n) is 3.78. The van der Waals surface area contributed by atoms with Gasteiger partial charge in [-0.15, -0.1) is 10.2 Å². The maximum Gasteiger partial charge on any atom is 0.339 e. The van der Waals surface area contributed by atoms with Crippen molar-refractivity contribution in [2.45, 2.75) is 26.9 Å². The zero-order valence-electron chi connectivity index (χ0n) is 14.1. The van der Waals surface area contributed by atoms with Gasteiger partial charge >= 0.3 is 5.97 Å².